The molecule has 7 heteroatoms. The van der Waals surface area contributed by atoms with Crippen LogP contribution in [0.15, 0.2) is 34.9 Å². The molecule has 0 spiro atoms. The minimum Gasteiger partial charge on any atom is -0.350 e. The standard InChI is InChI=1S/C13H13FN2O3S/c1-20(18)7-6-15-13(17)12-8-11(16-19-12)9-2-4-10(14)5-3-9/h2-5,8H,6-7H2,1H3,(H,15,17). The Morgan fingerprint density at radius 2 is 2.10 bits per heavy atom. The number of carbonyl (C=O) groups is 1. The lowest BCUT2D eigenvalue weighted by atomic mass is 10.1. The number of nitrogens with one attached hydrogen (secondary N) is 1. The molecule has 0 aliphatic carbocycles. The van der Waals surface area contributed by atoms with Gasteiger partial charge < -0.3 is 9.84 Å². The molecule has 0 saturated carbocycles. The first-order valence-corrected chi connectivity index (χ1v) is 7.60. The molecule has 1 heterocycles. The van der Waals surface area contributed by atoms with Gasteiger partial charge in [-0.3, -0.25) is 9.00 Å². The van der Waals surface area contributed by atoms with E-state index in [1.165, 1.54) is 18.2 Å². The van der Waals surface area contributed by atoms with Gasteiger partial charge in [0.15, 0.2) is 0 Å². The Bertz CT molecular complexity index is 625. The van der Waals surface area contributed by atoms with Crippen molar-refractivity contribution in [2.75, 3.05) is 18.6 Å². The molecule has 0 aliphatic rings. The van der Waals surface area contributed by atoms with Crippen molar-refractivity contribution in [2.24, 2.45) is 0 Å². The fourth-order valence-corrected chi connectivity index (χ4v) is 1.92. The minimum absolute atomic E-state index is 0.0613. The van der Waals surface area contributed by atoms with E-state index in [4.69, 9.17) is 4.52 Å². The molecule has 0 radical (unpaired) electrons. The first-order valence-electron chi connectivity index (χ1n) is 5.87. The van der Waals surface area contributed by atoms with Crippen molar-refractivity contribution in [3.8, 4) is 11.3 Å². The summed E-state index contributed by atoms with van der Waals surface area (Å²) in [5, 5.41) is 6.34. The molecular formula is C13H13FN2O3S. The van der Waals surface area contributed by atoms with E-state index in [0.29, 0.717) is 23.6 Å². The van der Waals surface area contributed by atoms with E-state index in [2.05, 4.69) is 10.5 Å². The Hall–Kier alpha value is -2.02. The molecule has 2 aromatic rings. The molecule has 1 aromatic heterocycles. The predicted octanol–water partition coefficient (Wildman–Crippen LogP) is 1.59. The van der Waals surface area contributed by atoms with Gasteiger partial charge >= 0.3 is 0 Å². The molecule has 1 atom stereocenters. The number of aromatic nitrogens is 1. The van der Waals surface area contributed by atoms with Crippen LogP contribution in [0.2, 0.25) is 0 Å². The van der Waals surface area contributed by atoms with E-state index in [-0.39, 0.29) is 11.6 Å². The topological polar surface area (TPSA) is 72.2 Å². The Morgan fingerprint density at radius 3 is 2.75 bits per heavy atom. The lowest BCUT2D eigenvalue weighted by Crippen LogP contribution is -2.27. The summed E-state index contributed by atoms with van der Waals surface area (Å²) in [6.45, 7) is 0.300. The van der Waals surface area contributed by atoms with Crippen LogP contribution in [0.25, 0.3) is 11.3 Å². The van der Waals surface area contributed by atoms with Crippen molar-refractivity contribution >= 4 is 16.7 Å². The van der Waals surface area contributed by atoms with Crippen LogP contribution in [-0.2, 0) is 10.8 Å². The zero-order valence-electron chi connectivity index (χ0n) is 10.8. The monoisotopic (exact) mass is 296 g/mol. The third-order valence-electron chi connectivity index (χ3n) is 2.55. The number of hydrogen-bond acceptors (Lipinski definition) is 4. The van der Waals surface area contributed by atoms with E-state index < -0.39 is 16.7 Å². The van der Waals surface area contributed by atoms with E-state index in [1.807, 2.05) is 0 Å². The van der Waals surface area contributed by atoms with Gasteiger partial charge in [-0.2, -0.15) is 0 Å². The number of benzene rings is 1. The predicted molar refractivity (Wildman–Crippen MR) is 73.2 cm³/mol. The molecule has 0 aliphatic heterocycles. The summed E-state index contributed by atoms with van der Waals surface area (Å²) in [4.78, 5) is 11.7. The second-order valence-electron chi connectivity index (χ2n) is 4.12. The second kappa shape index (κ2) is 6.42. The van der Waals surface area contributed by atoms with E-state index in [0.717, 1.165) is 0 Å². The smallest absolute Gasteiger partial charge is 0.289 e. The van der Waals surface area contributed by atoms with E-state index >= 15 is 0 Å². The van der Waals surface area contributed by atoms with E-state index in [9.17, 15) is 13.4 Å². The van der Waals surface area contributed by atoms with Crippen LogP contribution < -0.4 is 5.32 Å². The summed E-state index contributed by atoms with van der Waals surface area (Å²) in [5.41, 5.74) is 1.11. The zero-order chi connectivity index (χ0) is 14.5. The average molecular weight is 296 g/mol. The van der Waals surface area contributed by atoms with Crippen LogP contribution in [0.1, 0.15) is 10.6 Å². The van der Waals surface area contributed by atoms with Crippen molar-refractivity contribution in [3.63, 3.8) is 0 Å². The molecular weight excluding hydrogens is 283 g/mol. The molecule has 1 amide bonds. The van der Waals surface area contributed by atoms with Crippen LogP contribution in [-0.4, -0.2) is 33.8 Å². The highest BCUT2D eigenvalue weighted by atomic mass is 32.2. The molecule has 1 N–H and O–H groups in total. The van der Waals surface area contributed by atoms with E-state index in [1.54, 1.807) is 18.4 Å². The molecule has 5 nitrogen and oxygen atoms in total. The van der Waals surface area contributed by atoms with Crippen LogP contribution in [0.5, 0.6) is 0 Å². The van der Waals surface area contributed by atoms with Crippen LogP contribution in [0, 0.1) is 5.82 Å². The first-order chi connectivity index (χ1) is 9.56. The third kappa shape index (κ3) is 3.74. The van der Waals surface area contributed by atoms with Gasteiger partial charge in [0, 0.05) is 41.0 Å². The zero-order valence-corrected chi connectivity index (χ0v) is 11.6. The number of amides is 1. The number of carbonyl (C=O) groups excluding carboxylic acids is 1. The molecule has 2 rings (SSSR count). The fraction of sp³-hybridized carbons (Fsp3) is 0.231. The van der Waals surface area contributed by atoms with Crippen molar-refractivity contribution in [1.29, 1.82) is 0 Å². The summed E-state index contributed by atoms with van der Waals surface area (Å²) in [5.74, 6) is -0.324. The highest BCUT2D eigenvalue weighted by Gasteiger charge is 2.13. The average Bonchev–Trinajstić information content (AvgIpc) is 2.88. The first kappa shape index (κ1) is 14.4. The normalized spacial score (nSPS) is 12.1. The number of halogens is 1. The quantitative estimate of drug-likeness (QED) is 0.909. The summed E-state index contributed by atoms with van der Waals surface area (Å²) >= 11 is 0. The Morgan fingerprint density at radius 1 is 1.40 bits per heavy atom. The van der Waals surface area contributed by atoms with Crippen LogP contribution in [0.3, 0.4) is 0 Å². The molecule has 0 fully saturated rings. The number of nitrogens with zero attached hydrogens (tertiary/aromatic N) is 1. The third-order valence-corrected chi connectivity index (χ3v) is 3.33. The molecule has 0 saturated heterocycles. The number of hydrogen-bond donors (Lipinski definition) is 1. The lowest BCUT2D eigenvalue weighted by Gasteiger charge is -1.99. The maximum Gasteiger partial charge on any atom is 0.289 e. The van der Waals surface area contributed by atoms with Gasteiger partial charge in [0.05, 0.1) is 0 Å². The summed E-state index contributed by atoms with van der Waals surface area (Å²) in [6, 6.07) is 7.19. The maximum absolute atomic E-state index is 12.8. The van der Waals surface area contributed by atoms with Gasteiger partial charge in [0.1, 0.15) is 11.5 Å². The molecule has 0 bridgehead atoms. The fourth-order valence-electron chi connectivity index (χ4n) is 1.53. The SMILES string of the molecule is CS(=O)CCNC(=O)c1cc(-c2ccc(F)cc2)no1. The summed E-state index contributed by atoms with van der Waals surface area (Å²) in [6.07, 6.45) is 1.56. The molecule has 106 valence electrons. The lowest BCUT2D eigenvalue weighted by molar-refractivity contribution is 0.0919. The highest BCUT2D eigenvalue weighted by molar-refractivity contribution is 7.84. The molecule has 1 unspecified atom stereocenters. The summed E-state index contributed by atoms with van der Waals surface area (Å²) in [7, 11) is -0.962. The van der Waals surface area contributed by atoms with Crippen molar-refractivity contribution in [2.45, 2.75) is 0 Å². The minimum atomic E-state index is -0.962. The molecule has 20 heavy (non-hydrogen) atoms. The maximum atomic E-state index is 12.8. The van der Waals surface area contributed by atoms with Gasteiger partial charge in [0.2, 0.25) is 5.76 Å². The van der Waals surface area contributed by atoms with Crippen molar-refractivity contribution in [3.05, 3.63) is 41.9 Å². The molecule has 1 aromatic carbocycles. The Labute approximate surface area is 117 Å². The van der Waals surface area contributed by atoms with Gasteiger partial charge in [-0.25, -0.2) is 4.39 Å². The van der Waals surface area contributed by atoms with Crippen molar-refractivity contribution < 1.29 is 17.9 Å². The summed E-state index contributed by atoms with van der Waals surface area (Å²) < 4.78 is 28.6. The van der Waals surface area contributed by atoms with Gasteiger partial charge in [-0.1, -0.05) is 5.16 Å². The van der Waals surface area contributed by atoms with Crippen LogP contribution >= 0.6 is 0 Å². The Balaban J connectivity index is 2.03. The number of rotatable bonds is 5. The van der Waals surface area contributed by atoms with Crippen molar-refractivity contribution in [1.82, 2.24) is 10.5 Å². The van der Waals surface area contributed by atoms with Gasteiger partial charge in [-0.05, 0) is 24.3 Å². The highest BCUT2D eigenvalue weighted by Crippen LogP contribution is 2.19. The van der Waals surface area contributed by atoms with Gasteiger partial charge in [0.25, 0.3) is 5.91 Å². The second-order valence-corrected chi connectivity index (χ2v) is 5.67. The van der Waals surface area contributed by atoms with Crippen LogP contribution in [0.4, 0.5) is 4.39 Å². The van der Waals surface area contributed by atoms with Gasteiger partial charge in [-0.15, -0.1) is 0 Å². The Kier molecular flexibility index (Phi) is 4.62. The largest absolute Gasteiger partial charge is 0.350 e.